The number of halogens is 2. The minimum atomic E-state index is -0.810. The topological polar surface area (TPSA) is 33.4 Å². The van der Waals surface area contributed by atoms with E-state index in [9.17, 15) is 5.11 Å². The first-order chi connectivity index (χ1) is 8.13. The van der Waals surface area contributed by atoms with E-state index >= 15 is 0 Å². The highest BCUT2D eigenvalue weighted by Gasteiger charge is 2.19. The number of hydrogen-bond donors (Lipinski definition) is 1. The Labute approximate surface area is 110 Å². The smallest absolute Gasteiger partial charge is 0.109 e. The molecule has 90 valence electrons. The molecule has 0 spiro atoms. The molecule has 1 atom stereocenters. The van der Waals surface area contributed by atoms with Crippen molar-refractivity contribution in [3.63, 3.8) is 0 Å². The highest BCUT2D eigenvalue weighted by Crippen LogP contribution is 2.32. The summed E-state index contributed by atoms with van der Waals surface area (Å²) in [6, 6.07) is 6.78. The Balaban J connectivity index is 2.43. The number of hydrogen-bond acceptors (Lipinski definition) is 2. The molecule has 1 N–H and O–H groups in total. The van der Waals surface area contributed by atoms with Crippen molar-refractivity contribution in [3.8, 4) is 0 Å². The maximum Gasteiger partial charge on any atom is 0.109 e. The Kier molecular flexibility index (Phi) is 3.77. The van der Waals surface area contributed by atoms with Crippen LogP contribution in [0.4, 0.5) is 0 Å². The van der Waals surface area contributed by atoms with Gasteiger partial charge >= 0.3 is 0 Å². The van der Waals surface area contributed by atoms with Gasteiger partial charge in [0.1, 0.15) is 11.9 Å². The molecule has 0 saturated heterocycles. The van der Waals surface area contributed by atoms with Crippen LogP contribution in [0, 0.1) is 0 Å². The second-order valence-electron chi connectivity index (χ2n) is 3.72. The van der Waals surface area contributed by atoms with Gasteiger partial charge in [-0.2, -0.15) is 0 Å². The van der Waals surface area contributed by atoms with Crippen molar-refractivity contribution in [3.05, 3.63) is 57.5 Å². The molecule has 1 heterocycles. The van der Waals surface area contributed by atoms with Gasteiger partial charge in [0.15, 0.2) is 0 Å². The third-order valence-corrected chi connectivity index (χ3v) is 3.23. The zero-order chi connectivity index (χ0) is 12.4. The first-order valence-corrected chi connectivity index (χ1v) is 6.08. The van der Waals surface area contributed by atoms with Crippen LogP contribution in [-0.2, 0) is 6.42 Å². The lowest BCUT2D eigenvalue weighted by atomic mass is 10.0. The molecule has 0 amide bonds. The normalized spacial score (nSPS) is 12.7. The molecular weight excluding hydrogens is 259 g/mol. The van der Waals surface area contributed by atoms with Crippen molar-refractivity contribution in [1.29, 1.82) is 0 Å². The minimum Gasteiger partial charge on any atom is -0.469 e. The van der Waals surface area contributed by atoms with Crippen molar-refractivity contribution in [2.24, 2.45) is 0 Å². The summed E-state index contributed by atoms with van der Waals surface area (Å²) < 4.78 is 5.29. The molecule has 2 nitrogen and oxygen atoms in total. The van der Waals surface area contributed by atoms with E-state index in [1.807, 2.05) is 6.92 Å². The molecule has 1 aromatic carbocycles. The van der Waals surface area contributed by atoms with Gasteiger partial charge in [0, 0.05) is 27.6 Å². The molecule has 0 fully saturated rings. The zero-order valence-corrected chi connectivity index (χ0v) is 10.8. The lowest BCUT2D eigenvalue weighted by molar-refractivity contribution is 0.217. The summed E-state index contributed by atoms with van der Waals surface area (Å²) in [4.78, 5) is 0. The predicted molar refractivity (Wildman–Crippen MR) is 68.6 cm³/mol. The van der Waals surface area contributed by atoms with E-state index in [1.165, 1.54) is 0 Å². The molecule has 2 aromatic rings. The van der Waals surface area contributed by atoms with Crippen molar-refractivity contribution in [2.45, 2.75) is 19.4 Å². The Bertz CT molecular complexity index is 520. The monoisotopic (exact) mass is 270 g/mol. The number of aryl methyl sites for hydroxylation is 1. The number of furan rings is 1. The van der Waals surface area contributed by atoms with E-state index in [4.69, 9.17) is 27.6 Å². The average molecular weight is 271 g/mol. The molecular formula is C13H12Cl2O2. The first-order valence-electron chi connectivity index (χ1n) is 5.32. The second kappa shape index (κ2) is 5.13. The van der Waals surface area contributed by atoms with E-state index in [1.54, 1.807) is 30.5 Å². The summed E-state index contributed by atoms with van der Waals surface area (Å²) in [7, 11) is 0. The molecule has 0 aliphatic heterocycles. The summed E-state index contributed by atoms with van der Waals surface area (Å²) in [6.45, 7) is 1.97. The third kappa shape index (κ3) is 2.49. The van der Waals surface area contributed by atoms with Crippen LogP contribution in [-0.4, -0.2) is 5.11 Å². The summed E-state index contributed by atoms with van der Waals surface area (Å²) >= 11 is 12.0. The van der Waals surface area contributed by atoms with Gasteiger partial charge in [-0.3, -0.25) is 0 Å². The van der Waals surface area contributed by atoms with Crippen molar-refractivity contribution < 1.29 is 9.52 Å². The van der Waals surface area contributed by atoms with Crippen LogP contribution >= 0.6 is 23.2 Å². The van der Waals surface area contributed by atoms with Crippen molar-refractivity contribution >= 4 is 23.2 Å². The summed E-state index contributed by atoms with van der Waals surface area (Å²) in [5, 5.41) is 11.3. The maximum absolute atomic E-state index is 10.3. The average Bonchev–Trinajstić information content (AvgIpc) is 2.79. The number of aliphatic hydroxyl groups excluding tert-OH is 1. The van der Waals surface area contributed by atoms with E-state index in [0.717, 1.165) is 17.7 Å². The van der Waals surface area contributed by atoms with Gasteiger partial charge in [0.2, 0.25) is 0 Å². The molecule has 0 radical (unpaired) electrons. The summed E-state index contributed by atoms with van der Waals surface area (Å²) in [6.07, 6.45) is 1.47. The van der Waals surface area contributed by atoms with Crippen LogP contribution in [0.3, 0.4) is 0 Å². The van der Waals surface area contributed by atoms with Gasteiger partial charge in [-0.1, -0.05) is 30.1 Å². The Morgan fingerprint density at radius 3 is 2.71 bits per heavy atom. The van der Waals surface area contributed by atoms with Gasteiger partial charge in [-0.25, -0.2) is 0 Å². The highest BCUT2D eigenvalue weighted by atomic mass is 35.5. The first kappa shape index (κ1) is 12.5. The van der Waals surface area contributed by atoms with E-state index in [0.29, 0.717) is 15.6 Å². The van der Waals surface area contributed by atoms with Gasteiger partial charge in [0.05, 0.1) is 6.26 Å². The highest BCUT2D eigenvalue weighted by molar-refractivity contribution is 6.33. The molecule has 0 bridgehead atoms. The quantitative estimate of drug-likeness (QED) is 0.906. The fraction of sp³-hybridized carbons (Fsp3) is 0.231. The summed E-state index contributed by atoms with van der Waals surface area (Å²) in [5.74, 6) is 0.758. The van der Waals surface area contributed by atoms with Gasteiger partial charge in [-0.15, -0.1) is 0 Å². The Morgan fingerprint density at radius 2 is 2.00 bits per heavy atom. The van der Waals surface area contributed by atoms with E-state index in [-0.39, 0.29) is 0 Å². The van der Waals surface area contributed by atoms with Crippen LogP contribution in [0.1, 0.15) is 29.9 Å². The largest absolute Gasteiger partial charge is 0.469 e. The van der Waals surface area contributed by atoms with E-state index < -0.39 is 6.10 Å². The van der Waals surface area contributed by atoms with Crippen LogP contribution in [0.25, 0.3) is 0 Å². The van der Waals surface area contributed by atoms with Crippen LogP contribution in [0.2, 0.25) is 10.0 Å². The zero-order valence-electron chi connectivity index (χ0n) is 9.28. The predicted octanol–water partition coefficient (Wildman–Crippen LogP) is 4.23. The van der Waals surface area contributed by atoms with Gasteiger partial charge < -0.3 is 9.52 Å². The van der Waals surface area contributed by atoms with Gasteiger partial charge in [0.25, 0.3) is 0 Å². The third-order valence-electron chi connectivity index (χ3n) is 2.65. The summed E-state index contributed by atoms with van der Waals surface area (Å²) in [5.41, 5.74) is 1.33. The second-order valence-corrected chi connectivity index (χ2v) is 4.56. The molecule has 1 aromatic heterocycles. The Hall–Kier alpha value is -0.960. The number of aliphatic hydroxyl groups is 1. The number of benzene rings is 1. The fourth-order valence-electron chi connectivity index (χ4n) is 1.77. The standard InChI is InChI=1S/C13H12Cl2O2/c1-2-12-9(5-6-17-12)13(16)10-7-8(14)3-4-11(10)15/h3-7,13,16H,2H2,1H3. The maximum atomic E-state index is 10.3. The van der Waals surface area contributed by atoms with Crippen molar-refractivity contribution in [2.75, 3.05) is 0 Å². The van der Waals surface area contributed by atoms with E-state index in [2.05, 4.69) is 0 Å². The molecule has 1 unspecified atom stereocenters. The minimum absolute atomic E-state index is 0.491. The molecule has 17 heavy (non-hydrogen) atoms. The Morgan fingerprint density at radius 1 is 1.24 bits per heavy atom. The lowest BCUT2D eigenvalue weighted by Gasteiger charge is -2.13. The molecule has 4 heteroatoms. The molecule has 0 saturated carbocycles. The van der Waals surface area contributed by atoms with Crippen LogP contribution < -0.4 is 0 Å². The molecule has 0 aliphatic rings. The van der Waals surface area contributed by atoms with Crippen LogP contribution in [0.15, 0.2) is 34.9 Å². The van der Waals surface area contributed by atoms with Gasteiger partial charge in [-0.05, 0) is 24.3 Å². The SMILES string of the molecule is CCc1occc1C(O)c1cc(Cl)ccc1Cl. The molecule has 2 rings (SSSR count). The van der Waals surface area contributed by atoms with Crippen LogP contribution in [0.5, 0.6) is 0 Å². The number of rotatable bonds is 3. The molecule has 0 aliphatic carbocycles. The lowest BCUT2D eigenvalue weighted by Crippen LogP contribution is -2.02. The fourth-order valence-corrected chi connectivity index (χ4v) is 2.17. The van der Waals surface area contributed by atoms with Crippen molar-refractivity contribution in [1.82, 2.24) is 0 Å².